The highest BCUT2D eigenvalue weighted by atomic mass is 19.3. The maximum Gasteiger partial charge on any atom is 0.410 e. The van der Waals surface area contributed by atoms with Crippen LogP contribution in [0.1, 0.15) is 24.0 Å². The number of ether oxygens (including phenoxy) is 1. The van der Waals surface area contributed by atoms with Gasteiger partial charge >= 0.3 is 6.09 Å². The van der Waals surface area contributed by atoms with Crippen molar-refractivity contribution >= 4 is 6.09 Å². The molecule has 1 amide bonds. The molecule has 24 heavy (non-hydrogen) atoms. The van der Waals surface area contributed by atoms with E-state index in [4.69, 9.17) is 4.74 Å². The Bertz CT molecular complexity index is 752. The molecule has 1 aromatic carbocycles. The van der Waals surface area contributed by atoms with Crippen molar-refractivity contribution in [3.8, 4) is 11.1 Å². The highest BCUT2D eigenvalue weighted by Gasteiger charge is 2.20. The van der Waals surface area contributed by atoms with Crippen LogP contribution >= 0.6 is 0 Å². The van der Waals surface area contributed by atoms with E-state index in [9.17, 15) is 18.0 Å². The first-order chi connectivity index (χ1) is 11.5. The summed E-state index contributed by atoms with van der Waals surface area (Å²) in [6.45, 7) is 1.33. The van der Waals surface area contributed by atoms with Crippen LogP contribution < -0.4 is 0 Å². The lowest BCUT2D eigenvalue weighted by molar-refractivity contribution is 0.0700. The van der Waals surface area contributed by atoms with Gasteiger partial charge in [-0.1, -0.05) is 6.07 Å². The van der Waals surface area contributed by atoms with Gasteiger partial charge in [0.05, 0.1) is 18.7 Å². The quantitative estimate of drug-likeness (QED) is 0.842. The molecule has 0 aliphatic carbocycles. The number of nitrogens with zero attached hydrogens (tertiary/aromatic N) is 2. The number of rotatable bonds is 4. The molecule has 3 rings (SSSR count). The molecule has 2 aromatic rings. The molecular weight excluding hydrogens is 321 g/mol. The number of amides is 1. The van der Waals surface area contributed by atoms with Crippen LogP contribution in [-0.4, -0.2) is 29.1 Å². The van der Waals surface area contributed by atoms with Gasteiger partial charge in [0.1, 0.15) is 5.82 Å². The molecule has 1 fully saturated rings. The molecule has 0 saturated carbocycles. The van der Waals surface area contributed by atoms with E-state index in [-0.39, 0.29) is 6.09 Å². The van der Waals surface area contributed by atoms with Gasteiger partial charge in [-0.3, -0.25) is 4.98 Å². The lowest BCUT2D eigenvalue weighted by atomic mass is 10.0. The van der Waals surface area contributed by atoms with E-state index >= 15 is 0 Å². The molecule has 0 bridgehead atoms. The molecule has 4 nitrogen and oxygen atoms in total. The molecule has 1 saturated heterocycles. The van der Waals surface area contributed by atoms with Crippen molar-refractivity contribution in [3.05, 3.63) is 53.6 Å². The number of halogens is 3. The summed E-state index contributed by atoms with van der Waals surface area (Å²) in [4.78, 5) is 17.3. The van der Waals surface area contributed by atoms with Crippen molar-refractivity contribution in [1.82, 2.24) is 9.88 Å². The second kappa shape index (κ2) is 6.90. The number of carbonyl (C=O) groups is 1. The van der Waals surface area contributed by atoms with Gasteiger partial charge in [-0.15, -0.1) is 0 Å². The summed E-state index contributed by atoms with van der Waals surface area (Å²) in [6.07, 6.45) is 0.607. The lowest BCUT2D eigenvalue weighted by Gasteiger charge is -2.26. The number of alkyl halides is 2. The number of hydrogen-bond donors (Lipinski definition) is 0. The largest absolute Gasteiger partial charge is 0.449 e. The molecule has 1 aliphatic rings. The van der Waals surface area contributed by atoms with E-state index in [2.05, 4.69) is 4.98 Å². The zero-order valence-electron chi connectivity index (χ0n) is 12.7. The fourth-order valence-corrected chi connectivity index (χ4v) is 2.58. The number of cyclic esters (lactones) is 1. The van der Waals surface area contributed by atoms with Gasteiger partial charge in [0, 0.05) is 24.5 Å². The first-order valence-corrected chi connectivity index (χ1v) is 7.48. The van der Waals surface area contributed by atoms with Gasteiger partial charge < -0.3 is 9.64 Å². The van der Waals surface area contributed by atoms with E-state index in [0.717, 1.165) is 24.1 Å². The van der Waals surface area contributed by atoms with E-state index in [0.29, 0.717) is 30.8 Å². The number of carbonyl (C=O) groups excluding carboxylic acids is 1. The molecule has 0 unspecified atom stereocenters. The van der Waals surface area contributed by atoms with Gasteiger partial charge in [0.15, 0.2) is 0 Å². The third kappa shape index (κ3) is 3.50. The first-order valence-electron chi connectivity index (χ1n) is 7.48. The second-order valence-corrected chi connectivity index (χ2v) is 5.51. The standard InChI is InChI=1S/C17H15F3N2O2/c18-15-3-2-12(7-14(15)16(19)20)13-6-11(8-21-9-13)10-22-4-1-5-24-17(22)23/h2-3,6-9,16H,1,4-5,10H2. The van der Waals surface area contributed by atoms with Crippen LogP contribution in [0.4, 0.5) is 18.0 Å². The molecule has 0 radical (unpaired) electrons. The monoisotopic (exact) mass is 336 g/mol. The van der Waals surface area contributed by atoms with Gasteiger partial charge in [-0.2, -0.15) is 0 Å². The van der Waals surface area contributed by atoms with E-state index in [1.165, 1.54) is 12.3 Å². The van der Waals surface area contributed by atoms with Gasteiger partial charge in [-0.05, 0) is 35.7 Å². The Morgan fingerprint density at radius 3 is 2.79 bits per heavy atom. The summed E-state index contributed by atoms with van der Waals surface area (Å²) in [5, 5.41) is 0. The van der Waals surface area contributed by atoms with Crippen LogP contribution in [0.25, 0.3) is 11.1 Å². The van der Waals surface area contributed by atoms with Crippen LogP contribution in [0, 0.1) is 5.82 Å². The predicted molar refractivity (Wildman–Crippen MR) is 81.0 cm³/mol. The third-order valence-electron chi connectivity index (χ3n) is 3.79. The Balaban J connectivity index is 1.85. The molecule has 0 atom stereocenters. The summed E-state index contributed by atoms with van der Waals surface area (Å²) < 4.78 is 44.1. The number of pyridine rings is 1. The SMILES string of the molecule is O=C1OCCCN1Cc1cncc(-c2ccc(F)c(C(F)F)c2)c1. The van der Waals surface area contributed by atoms with Crippen molar-refractivity contribution in [1.29, 1.82) is 0 Å². The highest BCUT2D eigenvalue weighted by molar-refractivity contribution is 5.68. The Kier molecular flexibility index (Phi) is 4.69. The molecule has 126 valence electrons. The Morgan fingerprint density at radius 2 is 2.04 bits per heavy atom. The number of aromatic nitrogens is 1. The van der Waals surface area contributed by atoms with Crippen molar-refractivity contribution < 1.29 is 22.7 Å². The molecule has 7 heteroatoms. The maximum atomic E-state index is 13.4. The van der Waals surface area contributed by atoms with Gasteiger partial charge in [0.25, 0.3) is 6.43 Å². The Hall–Kier alpha value is -2.57. The predicted octanol–water partition coefficient (Wildman–Crippen LogP) is 4.17. The molecule has 2 heterocycles. The zero-order valence-corrected chi connectivity index (χ0v) is 12.7. The first kappa shape index (κ1) is 16.3. The smallest absolute Gasteiger partial charge is 0.410 e. The number of benzene rings is 1. The Morgan fingerprint density at radius 1 is 1.21 bits per heavy atom. The van der Waals surface area contributed by atoms with E-state index in [1.54, 1.807) is 17.2 Å². The normalized spacial score (nSPS) is 14.8. The van der Waals surface area contributed by atoms with Crippen LogP contribution in [0.2, 0.25) is 0 Å². The maximum absolute atomic E-state index is 13.4. The lowest BCUT2D eigenvalue weighted by Crippen LogP contribution is -2.37. The fourth-order valence-electron chi connectivity index (χ4n) is 2.58. The van der Waals surface area contributed by atoms with Crippen molar-refractivity contribution in [2.24, 2.45) is 0 Å². The van der Waals surface area contributed by atoms with E-state index in [1.807, 2.05) is 0 Å². The van der Waals surface area contributed by atoms with Crippen molar-refractivity contribution in [2.75, 3.05) is 13.2 Å². The summed E-state index contributed by atoms with van der Waals surface area (Å²) in [5.41, 5.74) is 1.13. The number of hydrogen-bond acceptors (Lipinski definition) is 3. The average Bonchev–Trinajstić information content (AvgIpc) is 2.57. The minimum absolute atomic E-state index is 0.322. The summed E-state index contributed by atoms with van der Waals surface area (Å²) in [7, 11) is 0. The molecule has 1 aliphatic heterocycles. The second-order valence-electron chi connectivity index (χ2n) is 5.51. The van der Waals surface area contributed by atoms with Gasteiger partial charge in [-0.25, -0.2) is 18.0 Å². The third-order valence-corrected chi connectivity index (χ3v) is 3.79. The van der Waals surface area contributed by atoms with Crippen LogP contribution in [-0.2, 0) is 11.3 Å². The molecule has 0 spiro atoms. The minimum atomic E-state index is -2.88. The summed E-state index contributed by atoms with van der Waals surface area (Å²) in [5.74, 6) is -0.936. The van der Waals surface area contributed by atoms with E-state index < -0.39 is 17.8 Å². The average molecular weight is 336 g/mol. The minimum Gasteiger partial charge on any atom is -0.449 e. The topological polar surface area (TPSA) is 42.4 Å². The molecular formula is C17H15F3N2O2. The zero-order chi connectivity index (χ0) is 17.1. The summed E-state index contributed by atoms with van der Waals surface area (Å²) >= 11 is 0. The van der Waals surface area contributed by atoms with Crippen LogP contribution in [0.15, 0.2) is 36.7 Å². The molecule has 0 N–H and O–H groups in total. The van der Waals surface area contributed by atoms with Crippen molar-refractivity contribution in [3.63, 3.8) is 0 Å². The Labute approximate surface area is 136 Å². The van der Waals surface area contributed by atoms with Crippen molar-refractivity contribution in [2.45, 2.75) is 19.4 Å². The molecule has 1 aromatic heterocycles. The fraction of sp³-hybridized carbons (Fsp3) is 0.294. The van der Waals surface area contributed by atoms with Gasteiger partial charge in [0.2, 0.25) is 0 Å². The summed E-state index contributed by atoms with van der Waals surface area (Å²) in [6, 6.07) is 5.32. The van der Waals surface area contributed by atoms with Crippen LogP contribution in [0.3, 0.4) is 0 Å². The highest BCUT2D eigenvalue weighted by Crippen LogP contribution is 2.28. The van der Waals surface area contributed by atoms with Crippen LogP contribution in [0.5, 0.6) is 0 Å².